The minimum absolute atomic E-state index is 0.0496. The first-order valence-electron chi connectivity index (χ1n) is 5.23. The average Bonchev–Trinajstić information content (AvgIpc) is 2.23. The molecule has 0 aromatic carbocycles. The van der Waals surface area contributed by atoms with Crippen molar-refractivity contribution in [3.63, 3.8) is 0 Å². The molecule has 0 bridgehead atoms. The predicted octanol–water partition coefficient (Wildman–Crippen LogP) is 1.52. The van der Waals surface area contributed by atoms with Gasteiger partial charge >= 0.3 is 0 Å². The zero-order chi connectivity index (χ0) is 11.6. The summed E-state index contributed by atoms with van der Waals surface area (Å²) in [5.74, 6) is 0. The van der Waals surface area contributed by atoms with Gasteiger partial charge < -0.3 is 4.74 Å². The molecule has 1 aromatic heterocycles. The van der Waals surface area contributed by atoms with Gasteiger partial charge in [-0.3, -0.25) is 0 Å². The highest BCUT2D eigenvalue weighted by Crippen LogP contribution is 2.37. The molecule has 16 heavy (non-hydrogen) atoms. The Hall–Kier alpha value is -0.810. The maximum Gasteiger partial charge on any atom is 0.154 e. The molecule has 1 aliphatic heterocycles. The summed E-state index contributed by atoms with van der Waals surface area (Å²) in [4.78, 5) is 4.39. The number of nitrogens with two attached hydrogens (primary N) is 1. The van der Waals surface area contributed by atoms with Gasteiger partial charge in [0.15, 0.2) is 6.04 Å². The summed E-state index contributed by atoms with van der Waals surface area (Å²) in [6.45, 7) is 3.76. The fraction of sp³-hybridized carbons (Fsp3) is 0.545. The van der Waals surface area contributed by atoms with Gasteiger partial charge in [-0.1, -0.05) is 13.0 Å². The van der Waals surface area contributed by atoms with Gasteiger partial charge in [-0.15, -0.1) is 0 Å². The zero-order valence-electron chi connectivity index (χ0n) is 9.19. The molecule has 2 heterocycles. The number of hydrogen-bond donors (Lipinski definition) is 1. The van der Waals surface area contributed by atoms with E-state index in [-0.39, 0.29) is 11.5 Å². The summed E-state index contributed by atoms with van der Waals surface area (Å²) in [5.41, 5.74) is 6.57. The molecule has 1 atom stereocenters. The lowest BCUT2D eigenvalue weighted by Gasteiger charge is -2.38. The van der Waals surface area contributed by atoms with Crippen LogP contribution < -0.4 is 5.53 Å². The molecule has 0 saturated carbocycles. The molecule has 5 heteroatoms. The number of ether oxygens (including phenoxy) is 1. The van der Waals surface area contributed by atoms with Crippen LogP contribution in [0, 0.1) is 5.41 Å². The van der Waals surface area contributed by atoms with Crippen molar-refractivity contribution in [2.75, 3.05) is 13.2 Å². The summed E-state index contributed by atoms with van der Waals surface area (Å²) in [6, 6.07) is 5.75. The first kappa shape index (κ1) is 11.7. The van der Waals surface area contributed by atoms with E-state index in [1.165, 1.54) is 0 Å². The van der Waals surface area contributed by atoms with Crippen molar-refractivity contribution in [2.45, 2.75) is 19.4 Å². The van der Waals surface area contributed by atoms with Gasteiger partial charge in [0.05, 0.1) is 18.9 Å². The van der Waals surface area contributed by atoms with E-state index in [2.05, 4.69) is 33.0 Å². The third kappa shape index (κ3) is 2.47. The highest BCUT2D eigenvalue weighted by Gasteiger charge is 2.37. The van der Waals surface area contributed by atoms with Crippen LogP contribution in [-0.2, 0) is 4.74 Å². The third-order valence-corrected chi connectivity index (χ3v) is 3.29. The van der Waals surface area contributed by atoms with Crippen molar-refractivity contribution >= 4 is 15.9 Å². The quantitative estimate of drug-likeness (QED) is 0.673. The Bertz CT molecular complexity index is 393. The molecule has 0 radical (unpaired) electrons. The molecule has 0 amide bonds. The van der Waals surface area contributed by atoms with Gasteiger partial charge in [0.1, 0.15) is 4.60 Å². The van der Waals surface area contributed by atoms with Crippen LogP contribution in [-0.4, -0.2) is 18.2 Å². The molecular weight excluding hydrogens is 270 g/mol. The van der Waals surface area contributed by atoms with E-state index in [0.29, 0.717) is 0 Å². The zero-order valence-corrected chi connectivity index (χ0v) is 10.8. The fourth-order valence-electron chi connectivity index (χ4n) is 1.88. The Morgan fingerprint density at radius 3 is 2.88 bits per heavy atom. The number of nitrogens with zero attached hydrogens (tertiary/aromatic N) is 2. The van der Waals surface area contributed by atoms with Gasteiger partial charge in [0.2, 0.25) is 0 Å². The Kier molecular flexibility index (Phi) is 3.35. The van der Waals surface area contributed by atoms with Crippen LogP contribution in [0.3, 0.4) is 0 Å². The summed E-state index contributed by atoms with van der Waals surface area (Å²) in [7, 11) is 0. The minimum atomic E-state index is -0.0496. The Morgan fingerprint density at radius 2 is 2.38 bits per heavy atom. The number of rotatable bonds is 4. The molecule has 1 unspecified atom stereocenters. The first-order valence-corrected chi connectivity index (χ1v) is 6.02. The predicted molar refractivity (Wildman–Crippen MR) is 62.6 cm³/mol. The van der Waals surface area contributed by atoms with Crippen LogP contribution in [0.5, 0.6) is 0 Å². The van der Waals surface area contributed by atoms with E-state index in [1.807, 2.05) is 18.2 Å². The van der Waals surface area contributed by atoms with E-state index in [9.17, 15) is 0 Å². The Labute approximate surface area is 103 Å². The van der Waals surface area contributed by atoms with Crippen molar-refractivity contribution < 1.29 is 10.3 Å². The average molecular weight is 285 g/mol. The van der Waals surface area contributed by atoms with Crippen LogP contribution in [0.1, 0.15) is 25.1 Å². The molecule has 86 valence electrons. The van der Waals surface area contributed by atoms with Crippen molar-refractivity contribution in [2.24, 2.45) is 10.5 Å². The van der Waals surface area contributed by atoms with Gasteiger partial charge in [-0.2, -0.15) is 5.53 Å². The van der Waals surface area contributed by atoms with E-state index >= 15 is 0 Å². The van der Waals surface area contributed by atoms with E-state index in [0.717, 1.165) is 29.9 Å². The molecule has 2 N–H and O–H groups in total. The molecule has 1 aliphatic rings. The highest BCUT2D eigenvalue weighted by atomic mass is 79.9. The number of pyridine rings is 1. The van der Waals surface area contributed by atoms with Crippen molar-refractivity contribution in [3.8, 4) is 0 Å². The maximum absolute atomic E-state index is 5.47. The molecule has 2 rings (SSSR count). The van der Waals surface area contributed by atoms with Crippen LogP contribution in [0.15, 0.2) is 27.9 Å². The normalized spacial score (nSPS) is 19.9. The molecule has 1 saturated heterocycles. The van der Waals surface area contributed by atoms with Gasteiger partial charge in [0, 0.05) is 5.41 Å². The first-order chi connectivity index (χ1) is 7.63. The summed E-state index contributed by atoms with van der Waals surface area (Å²) < 4.78 is 6.04. The second-order valence-corrected chi connectivity index (χ2v) is 5.37. The standard InChI is InChI=1S/C11H14BrN3O/c1-11(6-16-7-11)5-9(15-13)8-3-2-4-10(12)14-8/h2-4,9,13H,5-7H2,1H3/p+1. The van der Waals surface area contributed by atoms with Crippen molar-refractivity contribution in [1.29, 1.82) is 0 Å². The lowest BCUT2D eigenvalue weighted by Crippen LogP contribution is -2.41. The minimum Gasteiger partial charge on any atom is -0.380 e. The van der Waals surface area contributed by atoms with Gasteiger partial charge in [0.25, 0.3) is 0 Å². The van der Waals surface area contributed by atoms with Crippen LogP contribution in [0.2, 0.25) is 0 Å². The molecule has 1 aromatic rings. The number of hydrogen-bond acceptors (Lipinski definition) is 3. The second kappa shape index (κ2) is 4.59. The van der Waals surface area contributed by atoms with Crippen LogP contribution in [0.25, 0.3) is 0 Å². The molecule has 0 aliphatic carbocycles. The topological polar surface area (TPSA) is 60.1 Å². The van der Waals surface area contributed by atoms with Crippen molar-refractivity contribution in [1.82, 2.24) is 4.98 Å². The third-order valence-electron chi connectivity index (χ3n) is 2.85. The monoisotopic (exact) mass is 284 g/mol. The molecule has 1 fully saturated rings. The van der Waals surface area contributed by atoms with E-state index in [1.54, 1.807) is 0 Å². The maximum atomic E-state index is 5.47. The Morgan fingerprint density at radius 1 is 1.62 bits per heavy atom. The fourth-order valence-corrected chi connectivity index (χ4v) is 2.24. The molecule has 0 spiro atoms. The SMILES string of the molecule is CC1(CC(N=[NH2+])c2cccc(Br)n2)COC1. The highest BCUT2D eigenvalue weighted by molar-refractivity contribution is 9.10. The smallest absolute Gasteiger partial charge is 0.154 e. The lowest BCUT2D eigenvalue weighted by atomic mass is 9.81. The summed E-state index contributed by atoms with van der Waals surface area (Å²) in [6.07, 6.45) is 0.882. The lowest BCUT2D eigenvalue weighted by molar-refractivity contribution is -0.234. The van der Waals surface area contributed by atoms with Crippen LogP contribution >= 0.6 is 15.9 Å². The van der Waals surface area contributed by atoms with Gasteiger partial charge in [-0.05, 0) is 39.6 Å². The van der Waals surface area contributed by atoms with Gasteiger partial charge in [-0.25, -0.2) is 4.98 Å². The van der Waals surface area contributed by atoms with Crippen molar-refractivity contribution in [3.05, 3.63) is 28.5 Å². The number of aromatic nitrogens is 1. The van der Waals surface area contributed by atoms with E-state index in [4.69, 9.17) is 10.3 Å². The van der Waals surface area contributed by atoms with E-state index < -0.39 is 0 Å². The second-order valence-electron chi connectivity index (χ2n) is 4.56. The number of halogens is 1. The Balaban J connectivity index is 2.13. The van der Waals surface area contributed by atoms with Crippen LogP contribution in [0.4, 0.5) is 0 Å². The largest absolute Gasteiger partial charge is 0.380 e. The summed E-state index contributed by atoms with van der Waals surface area (Å²) >= 11 is 3.35. The summed E-state index contributed by atoms with van der Waals surface area (Å²) in [5, 5.41) is 3.93. The molecule has 4 nitrogen and oxygen atoms in total. The molecular formula is C11H15BrN3O+.